The van der Waals surface area contributed by atoms with E-state index in [1.807, 2.05) is 0 Å². The number of carbonyl (C=O) groups excluding carboxylic acids is 3. The summed E-state index contributed by atoms with van der Waals surface area (Å²) >= 11 is 0. The Hall–Kier alpha value is -3.49. The Morgan fingerprint density at radius 2 is 1.77 bits per heavy atom. The summed E-state index contributed by atoms with van der Waals surface area (Å²) < 4.78 is 12.7. The first-order chi connectivity index (χ1) is 18.2. The molecule has 0 aliphatic rings. The van der Waals surface area contributed by atoms with Gasteiger partial charge in [0.1, 0.15) is 18.7 Å². The minimum Gasteiger partial charge on any atom is -0.480 e. The topological polar surface area (TPSA) is 178 Å². The molecule has 0 saturated heterocycles. The number of carboxylic acids is 1. The van der Waals surface area contributed by atoms with Crippen molar-refractivity contribution >= 4 is 48.8 Å². The van der Waals surface area contributed by atoms with Gasteiger partial charge in [-0.25, -0.2) is 10.2 Å². The molecule has 2 rings (SSSR count). The molecule has 0 unspecified atom stereocenters. The fourth-order valence-electron chi connectivity index (χ4n) is 3.39. The molecule has 2 aromatic rings. The van der Waals surface area contributed by atoms with Crippen LogP contribution in [0.5, 0.6) is 0 Å². The number of ether oxygens (including phenoxy) is 1. The van der Waals surface area contributed by atoms with E-state index in [1.54, 1.807) is 39.8 Å². The number of hydrazine groups is 1. The standard InChI is InChI=1S/C26H42N6O7Si/c1-16(15-38-40(8,9)26(5,6)7)29-32(14-21(34)35)20(33)13-31-19-11-10-17(28-24(37)39-25(2,3)4)12-18(19)22(30-31)23(27)36/h10-12,16,29H,13-15H2,1-9H3,(H2,27,36)(H,28,37)(H,34,35)/t16-/m1/s1. The Bertz CT molecular complexity index is 1260. The summed E-state index contributed by atoms with van der Waals surface area (Å²) in [6.45, 7) is 16.8. The number of anilines is 1. The number of carbonyl (C=O) groups is 4. The average molecular weight is 579 g/mol. The van der Waals surface area contributed by atoms with E-state index in [4.69, 9.17) is 14.9 Å². The van der Waals surface area contributed by atoms with Gasteiger partial charge in [0, 0.05) is 17.1 Å². The minimum absolute atomic E-state index is 0.00907. The van der Waals surface area contributed by atoms with E-state index in [-0.39, 0.29) is 29.9 Å². The second-order valence-corrected chi connectivity index (χ2v) is 17.0. The maximum Gasteiger partial charge on any atom is 0.412 e. The first-order valence-electron chi connectivity index (χ1n) is 12.9. The van der Waals surface area contributed by atoms with E-state index >= 15 is 0 Å². The van der Waals surface area contributed by atoms with E-state index in [9.17, 15) is 24.3 Å². The molecule has 0 saturated carbocycles. The molecular formula is C26H42N6O7Si. The van der Waals surface area contributed by atoms with Crippen LogP contribution < -0.4 is 16.5 Å². The van der Waals surface area contributed by atoms with E-state index in [1.165, 1.54) is 10.7 Å². The highest BCUT2D eigenvalue weighted by Crippen LogP contribution is 2.36. The highest BCUT2D eigenvalue weighted by Gasteiger charge is 2.37. The predicted octanol–water partition coefficient (Wildman–Crippen LogP) is 3.31. The number of primary amides is 1. The Balaban J connectivity index is 2.26. The zero-order valence-electron chi connectivity index (χ0n) is 24.7. The van der Waals surface area contributed by atoms with Gasteiger partial charge in [-0.15, -0.1) is 0 Å². The van der Waals surface area contributed by atoms with Crippen LogP contribution in [0.15, 0.2) is 18.2 Å². The Morgan fingerprint density at radius 1 is 1.15 bits per heavy atom. The molecule has 0 aliphatic carbocycles. The van der Waals surface area contributed by atoms with Gasteiger partial charge in [-0.2, -0.15) is 5.10 Å². The molecule has 222 valence electrons. The van der Waals surface area contributed by atoms with Gasteiger partial charge in [0.05, 0.1) is 12.1 Å². The summed E-state index contributed by atoms with van der Waals surface area (Å²) in [5, 5.41) is 17.5. The van der Waals surface area contributed by atoms with Gasteiger partial charge in [0.2, 0.25) is 0 Å². The highest BCUT2D eigenvalue weighted by atomic mass is 28.4. The van der Waals surface area contributed by atoms with Crippen molar-refractivity contribution in [3.8, 4) is 0 Å². The van der Waals surface area contributed by atoms with Crippen LogP contribution in [0, 0.1) is 0 Å². The van der Waals surface area contributed by atoms with Crippen LogP contribution >= 0.6 is 0 Å². The van der Waals surface area contributed by atoms with Crippen LogP contribution in [0.25, 0.3) is 10.9 Å². The summed E-state index contributed by atoms with van der Waals surface area (Å²) in [6.07, 6.45) is -0.683. The average Bonchev–Trinajstić information content (AvgIpc) is 3.12. The zero-order valence-corrected chi connectivity index (χ0v) is 25.7. The monoisotopic (exact) mass is 578 g/mol. The number of hydrogen-bond acceptors (Lipinski definition) is 8. The number of fused-ring (bicyclic) bond motifs is 1. The molecule has 13 nitrogen and oxygen atoms in total. The molecule has 0 aliphatic heterocycles. The van der Waals surface area contributed by atoms with Crippen LogP contribution in [0.1, 0.15) is 59.0 Å². The lowest BCUT2D eigenvalue weighted by molar-refractivity contribution is -0.148. The molecule has 0 spiro atoms. The first kappa shape index (κ1) is 32.7. The molecule has 1 aromatic carbocycles. The lowest BCUT2D eigenvalue weighted by atomic mass is 10.2. The third-order valence-electron chi connectivity index (χ3n) is 6.39. The number of nitrogens with one attached hydrogen (secondary N) is 2. The van der Waals surface area contributed by atoms with Gasteiger partial charge in [0.15, 0.2) is 14.0 Å². The maximum absolute atomic E-state index is 13.2. The van der Waals surface area contributed by atoms with Crippen LogP contribution in [0.4, 0.5) is 10.5 Å². The van der Waals surface area contributed by atoms with Gasteiger partial charge < -0.3 is 20.0 Å². The fourth-order valence-corrected chi connectivity index (χ4v) is 4.49. The molecular weight excluding hydrogens is 536 g/mol. The van der Waals surface area contributed by atoms with Gasteiger partial charge in [-0.1, -0.05) is 20.8 Å². The highest BCUT2D eigenvalue weighted by molar-refractivity contribution is 6.74. The van der Waals surface area contributed by atoms with Gasteiger partial charge in [-0.3, -0.25) is 29.4 Å². The summed E-state index contributed by atoms with van der Waals surface area (Å²) in [7, 11) is -2.06. The van der Waals surface area contributed by atoms with Crippen LogP contribution in [-0.4, -0.2) is 76.9 Å². The first-order valence-corrected chi connectivity index (χ1v) is 15.8. The molecule has 1 aromatic heterocycles. The predicted molar refractivity (Wildman–Crippen MR) is 153 cm³/mol. The number of aliphatic carboxylic acids is 1. The van der Waals surface area contributed by atoms with Crippen molar-refractivity contribution in [3.05, 3.63) is 23.9 Å². The largest absolute Gasteiger partial charge is 0.480 e. The van der Waals surface area contributed by atoms with Crippen molar-refractivity contribution in [2.45, 2.75) is 84.8 Å². The number of rotatable bonds is 11. The van der Waals surface area contributed by atoms with Crippen molar-refractivity contribution in [1.82, 2.24) is 20.2 Å². The van der Waals surface area contributed by atoms with Gasteiger partial charge >= 0.3 is 12.1 Å². The van der Waals surface area contributed by atoms with Crippen molar-refractivity contribution in [2.24, 2.45) is 5.73 Å². The van der Waals surface area contributed by atoms with Gasteiger partial charge in [-0.05, 0) is 64.0 Å². The molecule has 0 radical (unpaired) electrons. The third-order valence-corrected chi connectivity index (χ3v) is 10.9. The molecule has 5 N–H and O–H groups in total. The number of nitrogens with two attached hydrogens (primary N) is 1. The van der Waals surface area contributed by atoms with Crippen LogP contribution in [0.3, 0.4) is 0 Å². The number of nitrogens with zero attached hydrogens (tertiary/aromatic N) is 3. The SMILES string of the molecule is C[C@H](CO[Si](C)(C)C(C)(C)C)NN(CC(=O)O)C(=O)Cn1nc(C(N)=O)c2cc(NC(=O)OC(C)(C)C)ccc21. The molecule has 14 heteroatoms. The van der Waals surface area contributed by atoms with Crippen LogP contribution in [-0.2, 0) is 25.3 Å². The maximum atomic E-state index is 13.2. The second kappa shape index (κ2) is 12.4. The van der Waals surface area contributed by atoms with Crippen molar-refractivity contribution in [2.75, 3.05) is 18.5 Å². The van der Waals surface area contributed by atoms with Crippen molar-refractivity contribution in [3.63, 3.8) is 0 Å². The van der Waals surface area contributed by atoms with Gasteiger partial charge in [0.25, 0.3) is 11.8 Å². The molecule has 3 amide bonds. The van der Waals surface area contributed by atoms with E-state index in [0.717, 1.165) is 5.01 Å². The Kier molecular flexibility index (Phi) is 10.1. The van der Waals surface area contributed by atoms with E-state index in [0.29, 0.717) is 16.6 Å². The number of carboxylic acid groups (broad SMARTS) is 1. The van der Waals surface area contributed by atoms with E-state index in [2.05, 4.69) is 49.7 Å². The third kappa shape index (κ3) is 9.03. The lowest BCUT2D eigenvalue weighted by Crippen LogP contribution is -2.53. The second-order valence-electron chi connectivity index (χ2n) is 12.2. The molecule has 1 atom stereocenters. The number of benzene rings is 1. The van der Waals surface area contributed by atoms with Crippen molar-refractivity contribution in [1.29, 1.82) is 0 Å². The zero-order chi connectivity index (χ0) is 30.6. The number of aromatic nitrogens is 2. The van der Waals surface area contributed by atoms with E-state index < -0.39 is 44.3 Å². The number of hydrogen-bond donors (Lipinski definition) is 4. The fraction of sp³-hybridized carbons (Fsp3) is 0.577. The minimum atomic E-state index is -2.06. The molecule has 0 bridgehead atoms. The summed E-state index contributed by atoms with van der Waals surface area (Å²) in [6, 6.07) is 4.27. The summed E-state index contributed by atoms with van der Waals surface area (Å²) in [5.41, 5.74) is 8.36. The quantitative estimate of drug-likeness (QED) is 0.230. The molecule has 1 heterocycles. The lowest BCUT2D eigenvalue weighted by Gasteiger charge is -2.37. The smallest absolute Gasteiger partial charge is 0.412 e. The summed E-state index contributed by atoms with van der Waals surface area (Å²) in [4.78, 5) is 49.1. The molecule has 40 heavy (non-hydrogen) atoms. The van der Waals surface area contributed by atoms with Crippen molar-refractivity contribution < 1.29 is 33.4 Å². The Labute approximate surface area is 235 Å². The summed E-state index contributed by atoms with van der Waals surface area (Å²) in [5.74, 6) is -2.64. The molecule has 0 fully saturated rings. The Morgan fingerprint density at radius 3 is 2.30 bits per heavy atom. The normalized spacial score (nSPS) is 13.1. The van der Waals surface area contributed by atoms with Crippen LogP contribution in [0.2, 0.25) is 18.1 Å². The number of amides is 3.